The van der Waals surface area contributed by atoms with Crippen molar-refractivity contribution in [3.63, 3.8) is 0 Å². The molecule has 29 heavy (non-hydrogen) atoms. The van der Waals surface area contributed by atoms with E-state index in [4.69, 9.17) is 23.2 Å². The Morgan fingerprint density at radius 2 is 2.00 bits per heavy atom. The third-order valence-corrected chi connectivity index (χ3v) is 6.23. The van der Waals surface area contributed by atoms with Gasteiger partial charge in [-0.15, -0.1) is 0 Å². The second-order valence-electron chi connectivity index (χ2n) is 6.88. The van der Waals surface area contributed by atoms with Crippen LogP contribution in [-0.4, -0.2) is 15.9 Å². The van der Waals surface area contributed by atoms with Gasteiger partial charge < -0.3 is 10.3 Å². The Hall–Kier alpha value is -2.28. The van der Waals surface area contributed by atoms with Gasteiger partial charge in [0.05, 0.1) is 5.56 Å². The zero-order chi connectivity index (χ0) is 20.5. The third-order valence-electron chi connectivity index (χ3n) is 4.73. The first-order valence-corrected chi connectivity index (χ1v) is 10.7. The van der Waals surface area contributed by atoms with E-state index >= 15 is 0 Å². The van der Waals surface area contributed by atoms with Crippen molar-refractivity contribution in [1.29, 1.82) is 0 Å². The molecule has 1 aliphatic heterocycles. The molecule has 0 spiro atoms. The van der Waals surface area contributed by atoms with Crippen molar-refractivity contribution in [3.8, 4) is 0 Å². The maximum Gasteiger partial charge on any atom is 0.257 e. The number of anilines is 1. The molecule has 1 unspecified atom stereocenters. The summed E-state index contributed by atoms with van der Waals surface area (Å²) < 4.78 is 0. The van der Waals surface area contributed by atoms with E-state index in [1.165, 1.54) is 17.3 Å². The van der Waals surface area contributed by atoms with E-state index in [1.807, 2.05) is 25.1 Å². The van der Waals surface area contributed by atoms with Gasteiger partial charge in [0, 0.05) is 28.1 Å². The van der Waals surface area contributed by atoms with Crippen LogP contribution in [-0.2, 0) is 10.5 Å². The summed E-state index contributed by atoms with van der Waals surface area (Å²) in [6.45, 7) is 2.03. The summed E-state index contributed by atoms with van der Waals surface area (Å²) in [5, 5.41) is 4.10. The van der Waals surface area contributed by atoms with Crippen LogP contribution in [0.2, 0.25) is 10.0 Å². The number of rotatable bonds is 4. The molecule has 5 nitrogen and oxygen atoms in total. The summed E-state index contributed by atoms with van der Waals surface area (Å²) in [4.78, 5) is 32.5. The Morgan fingerprint density at radius 1 is 1.17 bits per heavy atom. The smallest absolute Gasteiger partial charge is 0.257 e. The number of halogens is 2. The van der Waals surface area contributed by atoms with Crippen LogP contribution in [0.3, 0.4) is 0 Å². The summed E-state index contributed by atoms with van der Waals surface area (Å²) in [6, 6.07) is 13.2. The fourth-order valence-electron chi connectivity index (χ4n) is 3.42. The number of H-pyrrole nitrogens is 1. The lowest BCUT2D eigenvalue weighted by Gasteiger charge is -2.25. The molecule has 8 heteroatoms. The highest BCUT2D eigenvalue weighted by Gasteiger charge is 2.32. The molecule has 0 saturated heterocycles. The molecule has 2 N–H and O–H groups in total. The first-order chi connectivity index (χ1) is 13.9. The van der Waals surface area contributed by atoms with Crippen molar-refractivity contribution in [1.82, 2.24) is 9.97 Å². The number of aromatic nitrogens is 2. The zero-order valence-corrected chi connectivity index (χ0v) is 17.8. The number of hydrogen-bond donors (Lipinski definition) is 2. The number of thioether (sulfide) groups is 1. The van der Waals surface area contributed by atoms with E-state index in [0.717, 1.165) is 5.56 Å². The number of carbonyl (C=O) groups excluding carboxylic acids is 1. The summed E-state index contributed by atoms with van der Waals surface area (Å²) in [7, 11) is 0. The Morgan fingerprint density at radius 3 is 2.76 bits per heavy atom. The number of nitrogens with one attached hydrogen (secondary N) is 2. The quantitative estimate of drug-likeness (QED) is 0.429. The maximum atomic E-state index is 12.9. The summed E-state index contributed by atoms with van der Waals surface area (Å²) in [6.07, 6.45) is 0.120. The maximum absolute atomic E-state index is 12.9. The molecule has 0 aliphatic carbocycles. The lowest BCUT2D eigenvalue weighted by molar-refractivity contribution is -0.116. The average Bonchev–Trinajstić information content (AvgIpc) is 2.65. The molecule has 0 saturated carbocycles. The third kappa shape index (κ3) is 4.34. The molecule has 1 aliphatic rings. The summed E-state index contributed by atoms with van der Waals surface area (Å²) in [5.41, 5.74) is 3.11. The number of benzene rings is 2. The fraction of sp³-hybridized carbons (Fsp3) is 0.190. The molecule has 3 aromatic rings. The van der Waals surface area contributed by atoms with Crippen LogP contribution < -0.4 is 10.9 Å². The van der Waals surface area contributed by atoms with E-state index in [-0.39, 0.29) is 23.7 Å². The number of amides is 1. The monoisotopic (exact) mass is 445 g/mol. The van der Waals surface area contributed by atoms with Gasteiger partial charge in [0.25, 0.3) is 5.56 Å². The minimum atomic E-state index is -0.476. The molecular formula is C21H17Cl2N3O2S. The highest BCUT2D eigenvalue weighted by molar-refractivity contribution is 7.98. The van der Waals surface area contributed by atoms with Gasteiger partial charge in [-0.3, -0.25) is 9.59 Å². The fourth-order valence-corrected chi connectivity index (χ4v) is 4.77. The van der Waals surface area contributed by atoms with E-state index < -0.39 is 5.92 Å². The minimum absolute atomic E-state index is 0.120. The highest BCUT2D eigenvalue weighted by Crippen LogP contribution is 2.38. The van der Waals surface area contributed by atoms with Crippen molar-refractivity contribution in [2.45, 2.75) is 30.2 Å². The van der Waals surface area contributed by atoms with Gasteiger partial charge >= 0.3 is 0 Å². The Bertz CT molecular complexity index is 1160. The molecule has 1 atom stereocenters. The van der Waals surface area contributed by atoms with Gasteiger partial charge in [-0.05, 0) is 30.2 Å². The lowest BCUT2D eigenvalue weighted by Crippen LogP contribution is -2.31. The molecule has 0 radical (unpaired) electrons. The summed E-state index contributed by atoms with van der Waals surface area (Å²) >= 11 is 13.7. The first-order valence-electron chi connectivity index (χ1n) is 8.98. The Kier molecular flexibility index (Phi) is 5.67. The second-order valence-corrected chi connectivity index (χ2v) is 8.69. The summed E-state index contributed by atoms with van der Waals surface area (Å²) in [5.74, 6) is 0.258. The van der Waals surface area contributed by atoms with Crippen LogP contribution in [0.15, 0.2) is 52.4 Å². The van der Waals surface area contributed by atoms with Crippen LogP contribution in [0.5, 0.6) is 0 Å². The van der Waals surface area contributed by atoms with Crippen LogP contribution in [0.4, 0.5) is 5.82 Å². The first kappa shape index (κ1) is 20.0. The number of aromatic amines is 1. The lowest BCUT2D eigenvalue weighted by atomic mass is 9.87. The molecule has 0 bridgehead atoms. The van der Waals surface area contributed by atoms with E-state index in [1.54, 1.807) is 18.2 Å². The standard InChI is InChI=1S/C21H17Cl2N3O2S/c1-11-3-2-4-12(7-11)10-29-21-25-19-18(20(28)26-21)15(9-17(27)24-19)14-6-5-13(22)8-16(14)23/h2-8,15H,9-10H2,1H3,(H2,24,25,26,27,28). The number of fused-ring (bicyclic) bond motifs is 1. The molecule has 1 aromatic heterocycles. The van der Waals surface area contributed by atoms with Gasteiger partial charge in [-0.25, -0.2) is 4.98 Å². The van der Waals surface area contributed by atoms with Crippen molar-refractivity contribution in [2.24, 2.45) is 0 Å². The van der Waals surface area contributed by atoms with Gasteiger partial charge in [0.15, 0.2) is 5.16 Å². The predicted molar refractivity (Wildman–Crippen MR) is 117 cm³/mol. The van der Waals surface area contributed by atoms with Crippen molar-refractivity contribution >= 4 is 46.7 Å². The number of hydrogen-bond acceptors (Lipinski definition) is 4. The Labute approximate surface area is 181 Å². The molecule has 1 amide bonds. The van der Waals surface area contributed by atoms with E-state index in [2.05, 4.69) is 21.4 Å². The topological polar surface area (TPSA) is 74.8 Å². The molecule has 4 rings (SSSR count). The van der Waals surface area contributed by atoms with Crippen molar-refractivity contribution in [2.75, 3.05) is 5.32 Å². The molecule has 0 fully saturated rings. The van der Waals surface area contributed by atoms with E-state index in [9.17, 15) is 9.59 Å². The van der Waals surface area contributed by atoms with Crippen molar-refractivity contribution < 1.29 is 4.79 Å². The largest absolute Gasteiger partial charge is 0.310 e. The van der Waals surface area contributed by atoms with E-state index in [0.29, 0.717) is 32.1 Å². The highest BCUT2D eigenvalue weighted by atomic mass is 35.5. The average molecular weight is 446 g/mol. The molecule has 2 heterocycles. The predicted octanol–water partition coefficient (Wildman–Crippen LogP) is 5.15. The van der Waals surface area contributed by atoms with Crippen LogP contribution >= 0.6 is 35.0 Å². The van der Waals surface area contributed by atoms with Gasteiger partial charge in [-0.2, -0.15) is 0 Å². The molecular weight excluding hydrogens is 429 g/mol. The van der Waals surface area contributed by atoms with Crippen LogP contribution in [0, 0.1) is 6.92 Å². The van der Waals surface area contributed by atoms with Crippen LogP contribution in [0.1, 0.15) is 34.6 Å². The van der Waals surface area contributed by atoms with Crippen LogP contribution in [0.25, 0.3) is 0 Å². The van der Waals surface area contributed by atoms with Gasteiger partial charge in [-0.1, -0.05) is 70.9 Å². The van der Waals surface area contributed by atoms with Gasteiger partial charge in [0.2, 0.25) is 5.91 Å². The number of aryl methyl sites for hydroxylation is 1. The number of nitrogens with zero attached hydrogens (tertiary/aromatic N) is 1. The Balaban J connectivity index is 1.67. The van der Waals surface area contributed by atoms with Crippen molar-refractivity contribution in [3.05, 3.63) is 85.1 Å². The minimum Gasteiger partial charge on any atom is -0.310 e. The zero-order valence-electron chi connectivity index (χ0n) is 15.5. The number of carbonyl (C=O) groups is 1. The molecule has 148 valence electrons. The second kappa shape index (κ2) is 8.22. The SMILES string of the molecule is Cc1cccc(CSc2nc3c(c(=O)[nH]2)C(c2ccc(Cl)cc2Cl)CC(=O)N3)c1. The van der Waals surface area contributed by atoms with Gasteiger partial charge in [0.1, 0.15) is 5.82 Å². The molecule has 2 aromatic carbocycles. The normalized spacial score (nSPS) is 15.7.